The zero-order chi connectivity index (χ0) is 11.0. The lowest BCUT2D eigenvalue weighted by atomic mass is 10.00. The fourth-order valence-corrected chi connectivity index (χ4v) is 2.39. The Bertz CT molecular complexity index is 270. The van der Waals surface area contributed by atoms with Crippen molar-refractivity contribution in [1.29, 1.82) is 0 Å². The van der Waals surface area contributed by atoms with Gasteiger partial charge in [-0.15, -0.1) is 12.4 Å². The predicted molar refractivity (Wildman–Crippen MR) is 63.3 cm³/mol. The van der Waals surface area contributed by atoms with Crippen molar-refractivity contribution in [2.45, 2.75) is 32.7 Å². The number of carbonyl (C=O) groups is 2. The molecule has 0 aromatic carbocycles. The second-order valence-corrected chi connectivity index (χ2v) is 4.62. The molecule has 3 atom stereocenters. The Kier molecular flexibility index (Phi) is 4.33. The molecule has 5 heteroatoms. The van der Waals surface area contributed by atoms with Gasteiger partial charge in [-0.05, 0) is 19.4 Å². The summed E-state index contributed by atoms with van der Waals surface area (Å²) in [4.78, 5) is 25.3. The van der Waals surface area contributed by atoms with E-state index in [1.54, 1.807) is 0 Å². The Morgan fingerprint density at radius 2 is 1.75 bits per heavy atom. The van der Waals surface area contributed by atoms with Crippen LogP contribution in [0.5, 0.6) is 0 Å². The fourth-order valence-electron chi connectivity index (χ4n) is 2.39. The minimum Gasteiger partial charge on any atom is -0.315 e. The van der Waals surface area contributed by atoms with Gasteiger partial charge in [-0.2, -0.15) is 0 Å². The molecular formula is C11H19ClN2O2. The molecule has 1 N–H and O–H groups in total. The van der Waals surface area contributed by atoms with Gasteiger partial charge in [0.25, 0.3) is 0 Å². The average molecular weight is 247 g/mol. The van der Waals surface area contributed by atoms with E-state index >= 15 is 0 Å². The molecule has 2 fully saturated rings. The first-order valence-electron chi connectivity index (χ1n) is 5.70. The van der Waals surface area contributed by atoms with Gasteiger partial charge in [0.05, 0.1) is 6.04 Å². The van der Waals surface area contributed by atoms with Crippen molar-refractivity contribution < 1.29 is 9.59 Å². The summed E-state index contributed by atoms with van der Waals surface area (Å²) in [6, 6.07) is 0.0890. The molecule has 2 saturated heterocycles. The van der Waals surface area contributed by atoms with E-state index in [9.17, 15) is 9.59 Å². The maximum absolute atomic E-state index is 11.9. The van der Waals surface area contributed by atoms with Crippen molar-refractivity contribution >= 4 is 24.2 Å². The topological polar surface area (TPSA) is 49.4 Å². The zero-order valence-corrected chi connectivity index (χ0v) is 10.5. The number of hydrogen-bond donors (Lipinski definition) is 1. The molecule has 2 aliphatic heterocycles. The van der Waals surface area contributed by atoms with Crippen LogP contribution in [0.2, 0.25) is 0 Å². The molecule has 0 unspecified atom stereocenters. The lowest BCUT2D eigenvalue weighted by Crippen LogP contribution is -2.48. The standard InChI is InChI=1S/C11H18N2O2.ClH/c1-7-8(2)11(15)13(10(7)14)9-4-3-5-12-6-9;/h7-9,12H,3-6H2,1-2H3;1H/t7-,8-,9+;/m1./s1. The summed E-state index contributed by atoms with van der Waals surface area (Å²) in [7, 11) is 0. The summed E-state index contributed by atoms with van der Waals surface area (Å²) in [6.45, 7) is 5.46. The Morgan fingerprint density at radius 1 is 1.19 bits per heavy atom. The quantitative estimate of drug-likeness (QED) is 0.697. The van der Waals surface area contributed by atoms with E-state index in [2.05, 4.69) is 5.32 Å². The molecule has 4 nitrogen and oxygen atoms in total. The molecule has 2 aliphatic rings. The highest BCUT2D eigenvalue weighted by Crippen LogP contribution is 2.28. The third-order valence-corrected chi connectivity index (χ3v) is 3.64. The Balaban J connectivity index is 0.00000128. The number of hydrogen-bond acceptors (Lipinski definition) is 3. The number of nitrogens with one attached hydrogen (secondary N) is 1. The van der Waals surface area contributed by atoms with Gasteiger partial charge >= 0.3 is 0 Å². The first-order valence-corrected chi connectivity index (χ1v) is 5.70. The molecule has 0 bridgehead atoms. The van der Waals surface area contributed by atoms with Crippen molar-refractivity contribution in [3.8, 4) is 0 Å². The number of imide groups is 1. The average Bonchev–Trinajstić information content (AvgIpc) is 2.45. The zero-order valence-electron chi connectivity index (χ0n) is 9.73. The first-order chi connectivity index (χ1) is 7.13. The van der Waals surface area contributed by atoms with Crippen molar-refractivity contribution in [3.63, 3.8) is 0 Å². The van der Waals surface area contributed by atoms with Gasteiger partial charge < -0.3 is 5.32 Å². The summed E-state index contributed by atoms with van der Waals surface area (Å²) >= 11 is 0. The van der Waals surface area contributed by atoms with Gasteiger partial charge in [-0.3, -0.25) is 14.5 Å². The number of nitrogens with zero attached hydrogens (tertiary/aromatic N) is 1. The number of carbonyl (C=O) groups excluding carboxylic acids is 2. The van der Waals surface area contributed by atoms with Crippen LogP contribution in [0.1, 0.15) is 26.7 Å². The van der Waals surface area contributed by atoms with E-state index in [1.165, 1.54) is 4.90 Å². The number of amides is 2. The molecular weight excluding hydrogens is 228 g/mol. The maximum atomic E-state index is 11.9. The second-order valence-electron chi connectivity index (χ2n) is 4.62. The highest BCUT2D eigenvalue weighted by atomic mass is 35.5. The van der Waals surface area contributed by atoms with Crippen LogP contribution in [0.3, 0.4) is 0 Å². The molecule has 0 spiro atoms. The summed E-state index contributed by atoms with van der Waals surface area (Å²) in [6.07, 6.45) is 1.99. The Morgan fingerprint density at radius 3 is 2.19 bits per heavy atom. The highest BCUT2D eigenvalue weighted by Gasteiger charge is 2.45. The van der Waals surface area contributed by atoms with E-state index in [-0.39, 0.29) is 42.1 Å². The molecule has 0 aromatic heterocycles. The SMILES string of the molecule is C[C@H]1C(=O)N([C@H]2CCCNC2)C(=O)[C@@H]1C.Cl. The summed E-state index contributed by atoms with van der Waals surface area (Å²) in [5.74, 6) is -0.249. The van der Waals surface area contributed by atoms with Gasteiger partial charge in [-0.25, -0.2) is 0 Å². The summed E-state index contributed by atoms with van der Waals surface area (Å²) < 4.78 is 0. The largest absolute Gasteiger partial charge is 0.315 e. The molecule has 2 rings (SSSR count). The third-order valence-electron chi connectivity index (χ3n) is 3.64. The lowest BCUT2D eigenvalue weighted by Gasteiger charge is -2.30. The van der Waals surface area contributed by atoms with Crippen LogP contribution in [-0.4, -0.2) is 35.8 Å². The number of piperidine rings is 1. The second kappa shape index (κ2) is 5.15. The number of halogens is 1. The molecule has 2 amide bonds. The fraction of sp³-hybridized carbons (Fsp3) is 0.818. The van der Waals surface area contributed by atoms with Crippen LogP contribution in [0, 0.1) is 11.8 Å². The van der Waals surface area contributed by atoms with Gasteiger partial charge in [0.1, 0.15) is 0 Å². The monoisotopic (exact) mass is 246 g/mol. The van der Waals surface area contributed by atoms with Gasteiger partial charge in [0, 0.05) is 18.4 Å². The van der Waals surface area contributed by atoms with Crippen molar-refractivity contribution in [3.05, 3.63) is 0 Å². The van der Waals surface area contributed by atoms with Crippen LogP contribution in [0.4, 0.5) is 0 Å². The normalized spacial score (nSPS) is 35.1. The molecule has 92 valence electrons. The van der Waals surface area contributed by atoms with Gasteiger partial charge in [0.15, 0.2) is 0 Å². The smallest absolute Gasteiger partial charge is 0.233 e. The van der Waals surface area contributed by atoms with E-state index in [1.807, 2.05) is 13.8 Å². The first kappa shape index (κ1) is 13.5. The number of likely N-dealkylation sites (tertiary alicyclic amines) is 1. The predicted octanol–water partition coefficient (Wildman–Crippen LogP) is 0.801. The minimum atomic E-state index is -0.139. The molecule has 16 heavy (non-hydrogen) atoms. The summed E-state index contributed by atoms with van der Waals surface area (Å²) in [5, 5.41) is 3.24. The van der Waals surface area contributed by atoms with Gasteiger partial charge in [-0.1, -0.05) is 13.8 Å². The maximum Gasteiger partial charge on any atom is 0.233 e. The minimum absolute atomic E-state index is 0. The molecule has 0 aliphatic carbocycles. The van der Waals surface area contributed by atoms with Crippen LogP contribution in [0.15, 0.2) is 0 Å². The van der Waals surface area contributed by atoms with Crippen LogP contribution in [-0.2, 0) is 9.59 Å². The van der Waals surface area contributed by atoms with Crippen molar-refractivity contribution in [1.82, 2.24) is 10.2 Å². The molecule has 0 radical (unpaired) electrons. The third kappa shape index (κ3) is 2.09. The van der Waals surface area contributed by atoms with Crippen molar-refractivity contribution in [2.24, 2.45) is 11.8 Å². The molecule has 2 heterocycles. The van der Waals surface area contributed by atoms with Crippen LogP contribution in [0.25, 0.3) is 0 Å². The van der Waals surface area contributed by atoms with E-state index in [0.29, 0.717) is 0 Å². The van der Waals surface area contributed by atoms with E-state index in [4.69, 9.17) is 0 Å². The van der Waals surface area contributed by atoms with Crippen LogP contribution >= 0.6 is 12.4 Å². The molecule has 0 aromatic rings. The van der Waals surface area contributed by atoms with Gasteiger partial charge in [0.2, 0.25) is 11.8 Å². The molecule has 0 saturated carbocycles. The van der Waals surface area contributed by atoms with Crippen molar-refractivity contribution in [2.75, 3.05) is 13.1 Å². The summed E-state index contributed by atoms with van der Waals surface area (Å²) in [5.41, 5.74) is 0. The Hall–Kier alpha value is -0.610. The van der Waals surface area contributed by atoms with E-state index < -0.39 is 0 Å². The lowest BCUT2D eigenvalue weighted by molar-refractivity contribution is -0.142. The number of rotatable bonds is 1. The highest BCUT2D eigenvalue weighted by molar-refractivity contribution is 6.05. The van der Waals surface area contributed by atoms with Crippen LogP contribution < -0.4 is 5.32 Å². The van der Waals surface area contributed by atoms with E-state index in [0.717, 1.165) is 25.9 Å². The Labute approximate surface area is 102 Å².